The lowest BCUT2D eigenvalue weighted by molar-refractivity contribution is 0.0734. The van der Waals surface area contributed by atoms with Crippen LogP contribution in [-0.4, -0.2) is 19.2 Å². The molecule has 1 aliphatic rings. The van der Waals surface area contributed by atoms with Crippen molar-refractivity contribution in [3.8, 4) is 29.1 Å². The Morgan fingerprint density at radius 1 is 1.11 bits per heavy atom. The van der Waals surface area contributed by atoms with Crippen LogP contribution in [0, 0.1) is 17.2 Å². The third-order valence-electron chi connectivity index (χ3n) is 6.02. The number of halogens is 1. The molecule has 0 spiro atoms. The smallest absolute Gasteiger partial charge is 0.343 e. The number of nitrogens with zero attached hydrogens (tertiary/aromatic N) is 1. The van der Waals surface area contributed by atoms with Gasteiger partial charge in [-0.3, -0.25) is 0 Å². The van der Waals surface area contributed by atoms with Gasteiger partial charge in [-0.25, -0.2) is 4.79 Å². The molecule has 0 saturated heterocycles. The molecule has 38 heavy (non-hydrogen) atoms. The Balaban J connectivity index is 1.66. The molecular formula is C30H29ClN2O5. The van der Waals surface area contributed by atoms with E-state index in [2.05, 4.69) is 19.9 Å². The summed E-state index contributed by atoms with van der Waals surface area (Å²) in [6.45, 7) is 7.21. The van der Waals surface area contributed by atoms with Crippen LogP contribution in [0.1, 0.15) is 54.6 Å². The molecule has 2 N–H and O–H groups in total. The summed E-state index contributed by atoms with van der Waals surface area (Å²) >= 11 is 5.99. The number of hydrogen-bond donors (Lipinski definition) is 1. The first kappa shape index (κ1) is 26.9. The lowest BCUT2D eigenvalue weighted by Gasteiger charge is -2.27. The van der Waals surface area contributed by atoms with Gasteiger partial charge in [0, 0.05) is 16.7 Å². The zero-order chi connectivity index (χ0) is 27.2. The van der Waals surface area contributed by atoms with Gasteiger partial charge in [0.15, 0.2) is 11.5 Å². The first-order chi connectivity index (χ1) is 18.3. The van der Waals surface area contributed by atoms with Gasteiger partial charge in [0.05, 0.1) is 24.7 Å². The maximum Gasteiger partial charge on any atom is 0.343 e. The maximum absolute atomic E-state index is 12.6. The summed E-state index contributed by atoms with van der Waals surface area (Å²) in [4.78, 5) is 12.6. The Bertz CT molecular complexity index is 1410. The molecule has 0 radical (unpaired) electrons. The van der Waals surface area contributed by atoms with Gasteiger partial charge < -0.3 is 24.7 Å². The summed E-state index contributed by atoms with van der Waals surface area (Å²) in [5.74, 6) is 1.32. The van der Waals surface area contributed by atoms with E-state index in [-0.39, 0.29) is 17.2 Å². The average Bonchev–Trinajstić information content (AvgIpc) is 2.88. The highest BCUT2D eigenvalue weighted by Gasteiger charge is 2.32. The molecule has 1 heterocycles. The van der Waals surface area contributed by atoms with Crippen molar-refractivity contribution < 1.29 is 23.7 Å². The molecule has 7 nitrogen and oxygen atoms in total. The molecule has 4 rings (SSSR count). The van der Waals surface area contributed by atoms with E-state index in [0.29, 0.717) is 52.5 Å². The number of nitrogens with two attached hydrogens (primary N) is 1. The van der Waals surface area contributed by atoms with Crippen LogP contribution < -0.4 is 24.7 Å². The molecule has 1 aliphatic heterocycles. The number of esters is 1. The number of ether oxygens (including phenoxy) is 4. The van der Waals surface area contributed by atoms with Crippen LogP contribution in [0.5, 0.6) is 23.0 Å². The second kappa shape index (κ2) is 11.9. The highest BCUT2D eigenvalue weighted by molar-refractivity contribution is 6.30. The molecular weight excluding hydrogens is 504 g/mol. The van der Waals surface area contributed by atoms with Crippen molar-refractivity contribution in [2.75, 3.05) is 13.2 Å². The predicted octanol–water partition coefficient (Wildman–Crippen LogP) is 6.60. The number of nitriles is 1. The zero-order valence-electron chi connectivity index (χ0n) is 21.5. The van der Waals surface area contributed by atoms with Gasteiger partial charge in [0.25, 0.3) is 0 Å². The first-order valence-electron chi connectivity index (χ1n) is 12.4. The lowest BCUT2D eigenvalue weighted by Crippen LogP contribution is -2.21. The number of benzene rings is 3. The van der Waals surface area contributed by atoms with Gasteiger partial charge in [-0.1, -0.05) is 43.6 Å². The van der Waals surface area contributed by atoms with Crippen LogP contribution in [0.2, 0.25) is 5.02 Å². The van der Waals surface area contributed by atoms with Crippen molar-refractivity contribution in [3.05, 3.63) is 93.8 Å². The van der Waals surface area contributed by atoms with Crippen LogP contribution >= 0.6 is 11.6 Å². The Morgan fingerprint density at radius 2 is 1.92 bits per heavy atom. The van der Waals surface area contributed by atoms with E-state index in [1.807, 2.05) is 25.1 Å². The van der Waals surface area contributed by atoms with Gasteiger partial charge in [-0.2, -0.15) is 5.26 Å². The summed E-state index contributed by atoms with van der Waals surface area (Å²) in [5.41, 5.74) is 8.25. The van der Waals surface area contributed by atoms with Crippen molar-refractivity contribution in [3.63, 3.8) is 0 Å². The molecule has 3 aromatic rings. The number of allylic oxidation sites excluding steroid dienone is 1. The van der Waals surface area contributed by atoms with E-state index in [4.69, 9.17) is 36.3 Å². The van der Waals surface area contributed by atoms with E-state index in [0.717, 1.165) is 12.0 Å². The molecule has 0 saturated carbocycles. The first-order valence-corrected chi connectivity index (χ1v) is 12.8. The van der Waals surface area contributed by atoms with Crippen molar-refractivity contribution in [2.45, 2.75) is 33.1 Å². The molecule has 1 atom stereocenters. The fourth-order valence-electron chi connectivity index (χ4n) is 4.12. The van der Waals surface area contributed by atoms with Gasteiger partial charge in [0.2, 0.25) is 5.88 Å². The SMILES string of the molecule is CCOc1cc(C2C(C#N)=C(N)Oc3cc(OC(=O)c4cccc(Cl)c4)ccc32)ccc1OCCC(C)C. The lowest BCUT2D eigenvalue weighted by atomic mass is 9.83. The van der Waals surface area contributed by atoms with Crippen LogP contribution in [0.25, 0.3) is 0 Å². The van der Waals surface area contributed by atoms with Crippen molar-refractivity contribution >= 4 is 17.6 Å². The minimum absolute atomic E-state index is 0.0152. The second-order valence-corrected chi connectivity index (χ2v) is 9.63. The summed E-state index contributed by atoms with van der Waals surface area (Å²) in [6, 6.07) is 19.3. The number of rotatable bonds is 9. The normalized spacial score (nSPS) is 14.4. The van der Waals surface area contributed by atoms with Gasteiger partial charge in [0.1, 0.15) is 23.1 Å². The van der Waals surface area contributed by atoms with Gasteiger partial charge in [-0.15, -0.1) is 0 Å². The zero-order valence-corrected chi connectivity index (χ0v) is 22.2. The predicted molar refractivity (Wildman–Crippen MR) is 145 cm³/mol. The van der Waals surface area contributed by atoms with E-state index in [9.17, 15) is 10.1 Å². The van der Waals surface area contributed by atoms with Crippen molar-refractivity contribution in [2.24, 2.45) is 11.7 Å². The fourth-order valence-corrected chi connectivity index (χ4v) is 4.31. The highest BCUT2D eigenvalue weighted by atomic mass is 35.5. The second-order valence-electron chi connectivity index (χ2n) is 9.19. The number of carbonyl (C=O) groups excluding carboxylic acids is 1. The molecule has 8 heteroatoms. The van der Waals surface area contributed by atoms with E-state index >= 15 is 0 Å². The fraction of sp³-hybridized carbons (Fsp3) is 0.267. The van der Waals surface area contributed by atoms with E-state index < -0.39 is 11.9 Å². The number of hydrogen-bond acceptors (Lipinski definition) is 7. The molecule has 196 valence electrons. The summed E-state index contributed by atoms with van der Waals surface area (Å²) in [5, 5.41) is 10.4. The molecule has 1 unspecified atom stereocenters. The largest absolute Gasteiger partial charge is 0.490 e. The Hall–Kier alpha value is -4.15. The topological polar surface area (TPSA) is 104 Å². The minimum atomic E-state index is -0.560. The highest BCUT2D eigenvalue weighted by Crippen LogP contribution is 2.45. The monoisotopic (exact) mass is 532 g/mol. The average molecular weight is 533 g/mol. The molecule has 0 bridgehead atoms. The number of fused-ring (bicyclic) bond motifs is 1. The summed E-state index contributed by atoms with van der Waals surface area (Å²) < 4.78 is 23.2. The van der Waals surface area contributed by atoms with E-state index in [1.54, 1.807) is 36.4 Å². The molecule has 0 aliphatic carbocycles. The van der Waals surface area contributed by atoms with Crippen LogP contribution in [0.3, 0.4) is 0 Å². The molecule has 0 aromatic heterocycles. The number of carbonyl (C=O) groups is 1. The van der Waals surface area contributed by atoms with Crippen LogP contribution in [-0.2, 0) is 0 Å². The Kier molecular flexibility index (Phi) is 8.45. The molecule has 3 aromatic carbocycles. The molecule has 0 amide bonds. The van der Waals surface area contributed by atoms with Crippen molar-refractivity contribution in [1.29, 1.82) is 5.26 Å². The third kappa shape index (κ3) is 6.04. The minimum Gasteiger partial charge on any atom is -0.490 e. The third-order valence-corrected chi connectivity index (χ3v) is 6.25. The molecule has 0 fully saturated rings. The maximum atomic E-state index is 12.6. The quantitative estimate of drug-likeness (QED) is 0.244. The summed E-state index contributed by atoms with van der Waals surface area (Å²) in [7, 11) is 0. The Labute approximate surface area is 227 Å². The van der Waals surface area contributed by atoms with Crippen LogP contribution in [0.4, 0.5) is 0 Å². The summed E-state index contributed by atoms with van der Waals surface area (Å²) in [6.07, 6.45) is 0.919. The van der Waals surface area contributed by atoms with Gasteiger partial charge in [-0.05, 0) is 61.2 Å². The Morgan fingerprint density at radius 3 is 2.63 bits per heavy atom. The van der Waals surface area contributed by atoms with E-state index in [1.165, 1.54) is 6.07 Å². The standard InChI is InChI=1S/C30H29ClN2O5/c1-4-35-27-15-19(8-11-25(27)36-13-12-18(2)3)28-23-10-9-22(16-26(23)38-29(33)24(28)17-32)37-30(34)20-6-5-7-21(31)14-20/h5-11,14-16,18,28H,4,12-13,33H2,1-3H3. The van der Waals surface area contributed by atoms with Gasteiger partial charge >= 0.3 is 5.97 Å². The van der Waals surface area contributed by atoms with Crippen LogP contribution in [0.15, 0.2) is 72.1 Å². The van der Waals surface area contributed by atoms with Crippen molar-refractivity contribution in [1.82, 2.24) is 0 Å².